The maximum absolute atomic E-state index is 5.27. The minimum absolute atomic E-state index is 0.555. The van der Waals surface area contributed by atoms with Crippen LogP contribution < -0.4 is 0 Å². The van der Waals surface area contributed by atoms with Gasteiger partial charge in [-0.05, 0) is 53.6 Å². The van der Waals surface area contributed by atoms with Crippen LogP contribution in [0.4, 0.5) is 0 Å². The summed E-state index contributed by atoms with van der Waals surface area (Å²) in [6.45, 7) is 0. The second-order valence-corrected chi connectivity index (χ2v) is 15.5. The van der Waals surface area contributed by atoms with Crippen LogP contribution >= 0.6 is 0 Å². The molecule has 0 fully saturated rings. The maximum Gasteiger partial charge on any atom is 0.238 e. The third kappa shape index (κ3) is 5.96. The first-order chi connectivity index (χ1) is 30.7. The van der Waals surface area contributed by atoms with Crippen molar-refractivity contribution < 1.29 is 0 Å². The van der Waals surface area contributed by atoms with Gasteiger partial charge in [-0.25, -0.2) is 9.97 Å². The molecule has 0 saturated heterocycles. The van der Waals surface area contributed by atoms with Crippen LogP contribution in [0.5, 0.6) is 0 Å². The van der Waals surface area contributed by atoms with E-state index in [0.29, 0.717) is 17.6 Å². The van der Waals surface area contributed by atoms with Gasteiger partial charge >= 0.3 is 0 Å². The van der Waals surface area contributed by atoms with Gasteiger partial charge in [0.05, 0.1) is 33.5 Å². The van der Waals surface area contributed by atoms with E-state index in [1.54, 1.807) is 0 Å². The van der Waals surface area contributed by atoms with E-state index in [1.165, 1.54) is 5.56 Å². The number of nitrogens with zero attached hydrogens (tertiary/aromatic N) is 6. The number of rotatable bonds is 7. The molecule has 0 spiro atoms. The Labute approximate surface area is 357 Å². The highest BCUT2D eigenvalue weighted by Crippen LogP contribution is 2.42. The van der Waals surface area contributed by atoms with Gasteiger partial charge in [0.1, 0.15) is 0 Å². The van der Waals surface area contributed by atoms with Gasteiger partial charge in [0.15, 0.2) is 11.6 Å². The first-order valence-electron chi connectivity index (χ1n) is 20.8. The van der Waals surface area contributed by atoms with E-state index in [2.05, 4.69) is 185 Å². The normalized spacial score (nSPS) is 11.5. The monoisotopic (exact) mass is 792 g/mol. The van der Waals surface area contributed by atoms with Crippen LogP contribution in [0, 0.1) is 0 Å². The van der Waals surface area contributed by atoms with Crippen LogP contribution in [0.15, 0.2) is 218 Å². The smallest absolute Gasteiger partial charge is 0.238 e. The summed E-state index contributed by atoms with van der Waals surface area (Å²) < 4.78 is 4.64. The van der Waals surface area contributed by atoms with E-state index in [0.717, 1.165) is 88.5 Å². The van der Waals surface area contributed by atoms with Gasteiger partial charge in [-0.1, -0.05) is 176 Å². The molecule has 0 aliphatic heterocycles. The molecule has 290 valence electrons. The molecule has 12 rings (SSSR count). The number of benzene rings is 8. The lowest BCUT2D eigenvalue weighted by molar-refractivity contribution is 0.953. The first kappa shape index (κ1) is 35.5. The molecule has 6 heteroatoms. The summed E-state index contributed by atoms with van der Waals surface area (Å²) in [5.74, 6) is 1.78. The number of hydrogen-bond acceptors (Lipinski definition) is 4. The second-order valence-electron chi connectivity index (χ2n) is 15.5. The zero-order valence-corrected chi connectivity index (χ0v) is 33.5. The van der Waals surface area contributed by atoms with E-state index >= 15 is 0 Å². The Bertz CT molecular complexity index is 3570. The van der Waals surface area contributed by atoms with Crippen LogP contribution in [0.2, 0.25) is 0 Å². The number of hydrogen-bond donors (Lipinski definition) is 0. The van der Waals surface area contributed by atoms with E-state index in [4.69, 9.17) is 19.9 Å². The van der Waals surface area contributed by atoms with Crippen molar-refractivity contribution in [2.24, 2.45) is 0 Å². The highest BCUT2D eigenvalue weighted by Gasteiger charge is 2.23. The standard InChI is InChI=1S/C56H36N6/c1-4-17-37(18-5-1)40-23-14-24-41(35-40)48-29-16-30-49(57-48)42-25-15-26-43(36-42)61-50-31-12-10-27-44(50)46-33-34-47-45-28-11-13-32-51(45)62(53(47)52(46)61)56-59-54(38-19-6-2-7-20-38)58-55(60-56)39-21-8-3-9-22-39/h1-36H. The molecule has 0 radical (unpaired) electrons. The number of aromatic nitrogens is 6. The highest BCUT2D eigenvalue weighted by atomic mass is 15.2. The molecule has 6 nitrogen and oxygen atoms in total. The van der Waals surface area contributed by atoms with Gasteiger partial charge in [0.25, 0.3) is 0 Å². The predicted octanol–water partition coefficient (Wildman–Crippen LogP) is 13.8. The molecule has 4 aromatic heterocycles. The van der Waals surface area contributed by atoms with Crippen molar-refractivity contribution in [3.8, 4) is 68.1 Å². The minimum Gasteiger partial charge on any atom is -0.307 e. The first-order valence-corrected chi connectivity index (χ1v) is 20.8. The lowest BCUT2D eigenvalue weighted by Gasteiger charge is -2.14. The van der Waals surface area contributed by atoms with Crippen molar-refractivity contribution in [2.45, 2.75) is 0 Å². The van der Waals surface area contributed by atoms with Crippen molar-refractivity contribution in [3.63, 3.8) is 0 Å². The van der Waals surface area contributed by atoms with Crippen molar-refractivity contribution in [1.82, 2.24) is 29.1 Å². The summed E-state index contributed by atoms with van der Waals surface area (Å²) in [6.07, 6.45) is 0. The Morgan fingerprint density at radius 1 is 0.274 bits per heavy atom. The molecule has 12 aromatic rings. The molecule has 4 heterocycles. The fourth-order valence-electron chi connectivity index (χ4n) is 8.92. The molecule has 0 unspecified atom stereocenters. The Kier molecular flexibility index (Phi) is 8.38. The molecule has 0 saturated carbocycles. The average molecular weight is 793 g/mol. The van der Waals surface area contributed by atoms with E-state index in [-0.39, 0.29) is 0 Å². The summed E-state index contributed by atoms with van der Waals surface area (Å²) in [4.78, 5) is 20.8. The summed E-state index contributed by atoms with van der Waals surface area (Å²) in [5.41, 5.74) is 13.4. The Morgan fingerprint density at radius 3 is 1.34 bits per heavy atom. The lowest BCUT2D eigenvalue weighted by Crippen LogP contribution is -2.07. The molecule has 0 aliphatic rings. The van der Waals surface area contributed by atoms with Crippen LogP contribution in [0.3, 0.4) is 0 Å². The molecule has 0 N–H and O–H groups in total. The summed E-state index contributed by atoms with van der Waals surface area (Å²) in [7, 11) is 0. The fourth-order valence-corrected chi connectivity index (χ4v) is 8.92. The number of fused-ring (bicyclic) bond motifs is 7. The molecule has 62 heavy (non-hydrogen) atoms. The zero-order valence-electron chi connectivity index (χ0n) is 33.5. The third-order valence-electron chi connectivity index (χ3n) is 11.8. The summed E-state index contributed by atoms with van der Waals surface area (Å²) in [6, 6.07) is 76.2. The van der Waals surface area contributed by atoms with Crippen LogP contribution in [-0.4, -0.2) is 29.1 Å². The second kappa shape index (κ2) is 14.7. The van der Waals surface area contributed by atoms with Gasteiger partial charge < -0.3 is 4.57 Å². The zero-order chi connectivity index (χ0) is 41.0. The van der Waals surface area contributed by atoms with Gasteiger partial charge in [-0.15, -0.1) is 0 Å². The average Bonchev–Trinajstić information content (AvgIpc) is 3.88. The summed E-state index contributed by atoms with van der Waals surface area (Å²) in [5, 5.41) is 4.54. The Hall–Kier alpha value is -8.48. The molecule has 8 aromatic carbocycles. The Balaban J connectivity index is 1.09. The SMILES string of the molecule is c1ccc(-c2cccc(-c3cccc(-c4cccc(-n5c6ccccc6c6ccc7c8ccccc8n(-c8nc(-c9ccccc9)nc(-c9ccccc9)n8)c7c65)c4)n3)c2)cc1. The lowest BCUT2D eigenvalue weighted by atomic mass is 10.0. The number of pyridine rings is 1. The quantitative estimate of drug-likeness (QED) is 0.161. The maximum atomic E-state index is 5.27. The predicted molar refractivity (Wildman–Crippen MR) is 253 cm³/mol. The van der Waals surface area contributed by atoms with E-state index in [1.807, 2.05) is 42.5 Å². The van der Waals surface area contributed by atoms with Crippen molar-refractivity contribution >= 4 is 43.6 Å². The van der Waals surface area contributed by atoms with Gasteiger partial charge in [0, 0.05) is 49.5 Å². The van der Waals surface area contributed by atoms with Crippen molar-refractivity contribution in [2.75, 3.05) is 0 Å². The van der Waals surface area contributed by atoms with Crippen LogP contribution in [0.25, 0.3) is 112 Å². The molecule has 0 amide bonds. The highest BCUT2D eigenvalue weighted by molar-refractivity contribution is 6.23. The third-order valence-corrected chi connectivity index (χ3v) is 11.8. The van der Waals surface area contributed by atoms with Gasteiger partial charge in [0.2, 0.25) is 5.95 Å². The van der Waals surface area contributed by atoms with Crippen LogP contribution in [0.1, 0.15) is 0 Å². The van der Waals surface area contributed by atoms with Crippen LogP contribution in [-0.2, 0) is 0 Å². The topological polar surface area (TPSA) is 61.4 Å². The molecule has 0 atom stereocenters. The summed E-state index contributed by atoms with van der Waals surface area (Å²) >= 11 is 0. The molecule has 0 bridgehead atoms. The van der Waals surface area contributed by atoms with Gasteiger partial charge in [-0.3, -0.25) is 4.57 Å². The van der Waals surface area contributed by atoms with E-state index < -0.39 is 0 Å². The van der Waals surface area contributed by atoms with E-state index in [9.17, 15) is 0 Å². The minimum atomic E-state index is 0.555. The molecule has 0 aliphatic carbocycles. The fraction of sp³-hybridized carbons (Fsp3) is 0. The van der Waals surface area contributed by atoms with Crippen molar-refractivity contribution in [1.29, 1.82) is 0 Å². The van der Waals surface area contributed by atoms with Gasteiger partial charge in [-0.2, -0.15) is 9.97 Å². The largest absolute Gasteiger partial charge is 0.307 e. The number of para-hydroxylation sites is 2. The Morgan fingerprint density at radius 2 is 0.726 bits per heavy atom. The molecular weight excluding hydrogens is 757 g/mol. The van der Waals surface area contributed by atoms with Crippen molar-refractivity contribution in [3.05, 3.63) is 218 Å². The molecular formula is C56H36N6.